The summed E-state index contributed by atoms with van der Waals surface area (Å²) in [5.74, 6) is -2.66. The zero-order chi connectivity index (χ0) is 15.4. The molecule has 3 nitrogen and oxygen atoms in total. The van der Waals surface area contributed by atoms with Gasteiger partial charge in [-0.1, -0.05) is 0 Å². The Morgan fingerprint density at radius 3 is 2.29 bits per heavy atom. The van der Waals surface area contributed by atoms with Gasteiger partial charge in [-0.15, -0.1) is 0 Å². The normalized spacial score (nSPS) is 30.3. The van der Waals surface area contributed by atoms with Gasteiger partial charge in [0.2, 0.25) is 0 Å². The minimum Gasteiger partial charge on any atom is -0.294 e. The quantitative estimate of drug-likeness (QED) is 0.789. The predicted octanol–water partition coefficient (Wildman–Crippen LogP) is 2.81. The minimum atomic E-state index is -3.09. The number of rotatable bonds is 2. The first kappa shape index (κ1) is 14.6. The molecular formula is C15H16F2O3S. The molecule has 0 saturated carbocycles. The van der Waals surface area contributed by atoms with Crippen LogP contribution >= 0.6 is 0 Å². The summed E-state index contributed by atoms with van der Waals surface area (Å²) in [5.41, 5.74) is 0.165. The number of halogens is 2. The molecule has 0 amide bonds. The smallest absolute Gasteiger partial charge is 0.166 e. The van der Waals surface area contributed by atoms with E-state index < -0.39 is 37.9 Å². The van der Waals surface area contributed by atoms with Crippen LogP contribution < -0.4 is 0 Å². The summed E-state index contributed by atoms with van der Waals surface area (Å²) in [6.45, 7) is 1.37. The van der Waals surface area contributed by atoms with Crippen molar-refractivity contribution >= 4 is 15.6 Å². The van der Waals surface area contributed by atoms with Gasteiger partial charge in [0.05, 0.1) is 10.5 Å². The zero-order valence-electron chi connectivity index (χ0n) is 11.6. The zero-order valence-corrected chi connectivity index (χ0v) is 12.4. The minimum absolute atomic E-state index is 0.000720. The average molecular weight is 314 g/mol. The van der Waals surface area contributed by atoms with Crippen molar-refractivity contribution in [3.8, 4) is 0 Å². The lowest BCUT2D eigenvalue weighted by atomic mass is 9.88. The summed E-state index contributed by atoms with van der Waals surface area (Å²) in [4.78, 5) is 12.5. The molecule has 0 radical (unpaired) electrons. The fraction of sp³-hybridized carbons (Fsp3) is 0.533. The Hall–Kier alpha value is -1.30. The van der Waals surface area contributed by atoms with Crippen LogP contribution in [-0.2, 0) is 9.84 Å². The molecule has 0 aliphatic carbocycles. The van der Waals surface area contributed by atoms with E-state index in [-0.39, 0.29) is 16.9 Å². The molecule has 1 aromatic rings. The van der Waals surface area contributed by atoms with Crippen LogP contribution in [0.5, 0.6) is 0 Å². The number of ketones is 1. The molecule has 2 unspecified atom stereocenters. The Morgan fingerprint density at radius 2 is 1.71 bits per heavy atom. The van der Waals surface area contributed by atoms with Gasteiger partial charge in [-0.2, -0.15) is 0 Å². The van der Waals surface area contributed by atoms with Crippen LogP contribution in [0.2, 0.25) is 0 Å². The van der Waals surface area contributed by atoms with Crippen molar-refractivity contribution in [1.29, 1.82) is 0 Å². The summed E-state index contributed by atoms with van der Waals surface area (Å²) < 4.78 is 50.8. The summed E-state index contributed by atoms with van der Waals surface area (Å²) in [7, 11) is -3.09. The van der Waals surface area contributed by atoms with Crippen LogP contribution in [0.3, 0.4) is 0 Å². The maximum Gasteiger partial charge on any atom is 0.166 e. The molecule has 2 fully saturated rings. The number of Topliss-reactive ketones (excluding diaryl/α,β-unsaturated/α-hetero) is 1. The van der Waals surface area contributed by atoms with Crippen molar-refractivity contribution in [3.05, 3.63) is 34.9 Å². The van der Waals surface area contributed by atoms with Crippen molar-refractivity contribution in [2.45, 2.75) is 43.1 Å². The third kappa shape index (κ3) is 2.20. The van der Waals surface area contributed by atoms with E-state index in [0.717, 1.165) is 6.07 Å². The first-order chi connectivity index (χ1) is 9.82. The van der Waals surface area contributed by atoms with E-state index in [9.17, 15) is 22.0 Å². The maximum absolute atomic E-state index is 13.6. The second kappa shape index (κ2) is 4.87. The second-order valence-electron chi connectivity index (χ2n) is 5.98. The third-order valence-electron chi connectivity index (χ3n) is 4.81. The summed E-state index contributed by atoms with van der Waals surface area (Å²) >= 11 is 0. The van der Waals surface area contributed by atoms with Crippen molar-refractivity contribution < 1.29 is 22.0 Å². The number of sulfone groups is 1. The lowest BCUT2D eigenvalue weighted by Gasteiger charge is -2.27. The van der Waals surface area contributed by atoms with Gasteiger partial charge in [0.15, 0.2) is 27.3 Å². The average Bonchev–Trinajstić information content (AvgIpc) is 2.64. The van der Waals surface area contributed by atoms with E-state index in [1.54, 1.807) is 0 Å². The number of carbonyl (C=O) groups excluding carboxylic acids is 1. The molecule has 2 heterocycles. The Morgan fingerprint density at radius 1 is 1.14 bits per heavy atom. The van der Waals surface area contributed by atoms with Gasteiger partial charge in [0.1, 0.15) is 0 Å². The van der Waals surface area contributed by atoms with Crippen molar-refractivity contribution in [2.24, 2.45) is 5.92 Å². The molecule has 0 aromatic heterocycles. The van der Waals surface area contributed by atoms with Crippen LogP contribution in [0, 0.1) is 24.5 Å². The Bertz CT molecular complexity index is 692. The van der Waals surface area contributed by atoms with Gasteiger partial charge < -0.3 is 0 Å². The third-order valence-corrected chi connectivity index (χ3v) is 7.52. The second-order valence-corrected chi connectivity index (χ2v) is 8.49. The first-order valence-electron chi connectivity index (χ1n) is 7.04. The molecule has 2 bridgehead atoms. The molecule has 2 atom stereocenters. The molecular weight excluding hydrogens is 298 g/mol. The van der Waals surface area contributed by atoms with Gasteiger partial charge >= 0.3 is 0 Å². The monoisotopic (exact) mass is 314 g/mol. The van der Waals surface area contributed by atoms with Crippen LogP contribution in [0.15, 0.2) is 12.1 Å². The molecule has 3 rings (SSSR count). The van der Waals surface area contributed by atoms with Gasteiger partial charge in [0.25, 0.3) is 0 Å². The highest BCUT2D eigenvalue weighted by atomic mass is 32.2. The molecule has 2 aliphatic heterocycles. The largest absolute Gasteiger partial charge is 0.294 e. The van der Waals surface area contributed by atoms with Crippen molar-refractivity contribution in [3.63, 3.8) is 0 Å². The number of hydrogen-bond donors (Lipinski definition) is 0. The predicted molar refractivity (Wildman–Crippen MR) is 73.9 cm³/mol. The first-order valence-corrected chi connectivity index (χ1v) is 8.65. The maximum atomic E-state index is 13.6. The van der Waals surface area contributed by atoms with Gasteiger partial charge in [-0.05, 0) is 50.3 Å². The molecule has 0 spiro atoms. The Kier molecular flexibility index (Phi) is 3.39. The van der Waals surface area contributed by atoms with E-state index in [1.807, 2.05) is 0 Å². The Labute approximate surface area is 122 Å². The topological polar surface area (TPSA) is 51.2 Å². The highest BCUT2D eigenvalue weighted by Gasteiger charge is 2.48. The fourth-order valence-corrected chi connectivity index (χ4v) is 6.03. The molecule has 114 valence electrons. The van der Waals surface area contributed by atoms with Crippen molar-refractivity contribution in [2.75, 3.05) is 0 Å². The van der Waals surface area contributed by atoms with E-state index in [1.165, 1.54) is 13.0 Å². The van der Waals surface area contributed by atoms with Gasteiger partial charge in [-0.3, -0.25) is 4.79 Å². The van der Waals surface area contributed by atoms with Crippen LogP contribution in [0.1, 0.15) is 41.6 Å². The van der Waals surface area contributed by atoms with E-state index >= 15 is 0 Å². The van der Waals surface area contributed by atoms with Gasteiger partial charge in [0, 0.05) is 11.5 Å². The fourth-order valence-electron chi connectivity index (χ4n) is 3.56. The van der Waals surface area contributed by atoms with Gasteiger partial charge in [-0.25, -0.2) is 17.2 Å². The Balaban J connectivity index is 1.90. The highest BCUT2D eigenvalue weighted by Crippen LogP contribution is 2.42. The molecule has 1 aromatic carbocycles. The van der Waals surface area contributed by atoms with Crippen LogP contribution in [0.4, 0.5) is 8.78 Å². The van der Waals surface area contributed by atoms with E-state index in [4.69, 9.17) is 0 Å². The van der Waals surface area contributed by atoms with E-state index in [0.29, 0.717) is 25.7 Å². The summed E-state index contributed by atoms with van der Waals surface area (Å²) in [5, 5.41) is -0.897. The lowest BCUT2D eigenvalue weighted by molar-refractivity contribution is 0.0904. The molecule has 2 saturated heterocycles. The number of fused-ring (bicyclic) bond motifs is 2. The number of benzene rings is 1. The lowest BCUT2D eigenvalue weighted by Crippen LogP contribution is -2.36. The van der Waals surface area contributed by atoms with Crippen LogP contribution in [0.25, 0.3) is 0 Å². The number of hydrogen-bond acceptors (Lipinski definition) is 3. The van der Waals surface area contributed by atoms with Crippen molar-refractivity contribution in [1.82, 2.24) is 0 Å². The summed E-state index contributed by atoms with van der Waals surface area (Å²) in [6.07, 6.45) is 1.81. The molecule has 6 heteroatoms. The highest BCUT2D eigenvalue weighted by molar-refractivity contribution is 7.93. The molecule has 21 heavy (non-hydrogen) atoms. The summed E-state index contributed by atoms with van der Waals surface area (Å²) in [6, 6.07) is 2.24. The molecule has 0 N–H and O–H groups in total. The number of carbonyl (C=O) groups is 1. The van der Waals surface area contributed by atoms with E-state index in [2.05, 4.69) is 0 Å². The standard InChI is InChI=1S/C15H16F2O3S/c1-8-12(4-5-13(16)14(8)17)15(18)9-6-10-2-3-11(7-9)21(10,19)20/h4-5,9-11H,2-3,6-7H2,1H3. The van der Waals surface area contributed by atoms with Crippen LogP contribution in [-0.4, -0.2) is 24.7 Å². The SMILES string of the molecule is Cc1c(C(=O)C2CC3CCC(C2)S3(=O)=O)ccc(F)c1F. The molecule has 2 aliphatic rings.